The van der Waals surface area contributed by atoms with Gasteiger partial charge in [-0.25, -0.2) is 14.4 Å². The molecule has 0 aliphatic heterocycles. The van der Waals surface area contributed by atoms with Crippen LogP contribution in [-0.4, -0.2) is 47.8 Å². The molecule has 0 saturated carbocycles. The third kappa shape index (κ3) is 4.08. The molecular weight excluding hydrogens is 413 g/mol. The average Bonchev–Trinajstić information content (AvgIpc) is 3.23. The lowest BCUT2D eigenvalue weighted by atomic mass is 10.1. The molecule has 11 heteroatoms. The summed E-state index contributed by atoms with van der Waals surface area (Å²) in [6.07, 6.45) is 1.48. The van der Waals surface area contributed by atoms with Crippen molar-refractivity contribution in [1.82, 2.24) is 30.2 Å². The topological polar surface area (TPSA) is 119 Å². The zero-order valence-electron chi connectivity index (χ0n) is 15.2. The van der Waals surface area contributed by atoms with Crippen LogP contribution in [0.4, 0.5) is 10.3 Å². The van der Waals surface area contributed by atoms with Gasteiger partial charge < -0.3 is 10.4 Å². The fraction of sp³-hybridized carbons (Fsp3) is 0.0526. The van der Waals surface area contributed by atoms with E-state index in [0.717, 1.165) is 0 Å². The second kappa shape index (κ2) is 8.21. The van der Waals surface area contributed by atoms with E-state index in [9.17, 15) is 9.18 Å². The van der Waals surface area contributed by atoms with Gasteiger partial charge in [-0.05, 0) is 59.0 Å². The van der Waals surface area contributed by atoms with Gasteiger partial charge in [0.25, 0.3) is 0 Å². The highest BCUT2D eigenvalue weighted by Crippen LogP contribution is 2.30. The van der Waals surface area contributed by atoms with Crippen LogP contribution in [0.15, 0.2) is 54.7 Å². The average molecular weight is 426 g/mol. The smallest absolute Gasteiger partial charge is 0.322 e. The van der Waals surface area contributed by atoms with Gasteiger partial charge in [-0.2, -0.15) is 4.68 Å². The molecule has 9 nitrogen and oxygen atoms in total. The number of benzene rings is 2. The molecule has 0 amide bonds. The lowest BCUT2D eigenvalue weighted by Crippen LogP contribution is -2.14. The molecule has 0 aliphatic rings. The largest absolute Gasteiger partial charge is 0.480 e. The van der Waals surface area contributed by atoms with Gasteiger partial charge in [-0.15, -0.1) is 5.10 Å². The van der Waals surface area contributed by atoms with E-state index in [4.69, 9.17) is 16.7 Å². The minimum absolute atomic E-state index is 0.103. The number of hydrogen-bond acceptors (Lipinski definition) is 7. The van der Waals surface area contributed by atoms with Gasteiger partial charge >= 0.3 is 5.97 Å². The van der Waals surface area contributed by atoms with Gasteiger partial charge in [0.05, 0.1) is 16.9 Å². The summed E-state index contributed by atoms with van der Waals surface area (Å²) in [5.41, 5.74) is 2.13. The van der Waals surface area contributed by atoms with Crippen molar-refractivity contribution in [3.63, 3.8) is 0 Å². The minimum Gasteiger partial charge on any atom is -0.480 e. The predicted molar refractivity (Wildman–Crippen MR) is 107 cm³/mol. The Hall–Kier alpha value is -3.92. The number of tetrazole rings is 1. The van der Waals surface area contributed by atoms with E-state index in [1.165, 1.54) is 23.0 Å². The summed E-state index contributed by atoms with van der Waals surface area (Å²) in [6, 6.07) is 12.6. The fourth-order valence-corrected chi connectivity index (χ4v) is 2.85. The van der Waals surface area contributed by atoms with Gasteiger partial charge in [0.2, 0.25) is 5.95 Å². The van der Waals surface area contributed by atoms with E-state index < -0.39 is 11.8 Å². The molecule has 150 valence electrons. The molecule has 0 aliphatic carbocycles. The Morgan fingerprint density at radius 1 is 1.13 bits per heavy atom. The molecule has 0 bridgehead atoms. The number of carboxylic acid groups (broad SMARTS) is 1. The molecule has 30 heavy (non-hydrogen) atoms. The fourth-order valence-electron chi connectivity index (χ4n) is 2.72. The highest BCUT2D eigenvalue weighted by molar-refractivity contribution is 6.30. The van der Waals surface area contributed by atoms with Crippen LogP contribution in [0.1, 0.15) is 0 Å². The maximum Gasteiger partial charge on any atom is 0.322 e. The summed E-state index contributed by atoms with van der Waals surface area (Å²) in [5, 5.41) is 23.9. The summed E-state index contributed by atoms with van der Waals surface area (Å²) in [7, 11) is 0. The van der Waals surface area contributed by atoms with Crippen molar-refractivity contribution in [2.24, 2.45) is 0 Å². The summed E-state index contributed by atoms with van der Waals surface area (Å²) < 4.78 is 14.9. The second-order valence-electron chi connectivity index (χ2n) is 6.10. The van der Waals surface area contributed by atoms with E-state index in [1.54, 1.807) is 36.4 Å². The standard InChI is InChI=1S/C19H13ClFN7O2/c20-12-3-7-14(8-4-12)28-18(25-26-27-28)15-9-22-19(23-10-16(29)30)24-17(15)11-1-5-13(21)6-2-11/h1-9H,10H2,(H,29,30)(H,22,23,24). The van der Waals surface area contributed by atoms with Crippen LogP contribution in [0.2, 0.25) is 5.02 Å². The zero-order valence-corrected chi connectivity index (χ0v) is 16.0. The number of aromatic nitrogens is 6. The third-order valence-electron chi connectivity index (χ3n) is 4.09. The molecule has 0 atom stereocenters. The maximum absolute atomic E-state index is 13.4. The Bertz CT molecular complexity index is 1200. The van der Waals surface area contributed by atoms with E-state index in [2.05, 4.69) is 30.8 Å². The number of aliphatic carboxylic acids is 1. The molecule has 4 rings (SSSR count). The first-order chi connectivity index (χ1) is 14.5. The Morgan fingerprint density at radius 3 is 2.57 bits per heavy atom. The molecule has 0 radical (unpaired) electrons. The van der Waals surface area contributed by atoms with Crippen LogP contribution in [0.5, 0.6) is 0 Å². The molecule has 0 fully saturated rings. The SMILES string of the molecule is O=C(O)CNc1ncc(-c2nnnn2-c2ccc(Cl)cc2)c(-c2ccc(F)cc2)n1. The van der Waals surface area contributed by atoms with Gasteiger partial charge in [-0.3, -0.25) is 4.79 Å². The van der Waals surface area contributed by atoms with Crippen molar-refractivity contribution in [2.75, 3.05) is 11.9 Å². The number of nitrogens with zero attached hydrogens (tertiary/aromatic N) is 6. The Morgan fingerprint density at radius 2 is 1.87 bits per heavy atom. The first kappa shape index (κ1) is 19.4. The van der Waals surface area contributed by atoms with Crippen molar-refractivity contribution in [1.29, 1.82) is 0 Å². The monoisotopic (exact) mass is 425 g/mol. The van der Waals surface area contributed by atoms with E-state index in [0.29, 0.717) is 33.4 Å². The number of rotatable bonds is 6. The number of hydrogen-bond donors (Lipinski definition) is 2. The molecule has 4 aromatic rings. The molecule has 2 aromatic heterocycles. The summed E-state index contributed by atoms with van der Waals surface area (Å²) in [4.78, 5) is 19.4. The second-order valence-corrected chi connectivity index (χ2v) is 6.54. The molecule has 0 spiro atoms. The van der Waals surface area contributed by atoms with E-state index in [-0.39, 0.29) is 12.5 Å². The predicted octanol–water partition coefficient (Wildman–Crippen LogP) is 3.08. The van der Waals surface area contributed by atoms with Gasteiger partial charge in [-0.1, -0.05) is 11.6 Å². The van der Waals surface area contributed by atoms with Crippen LogP contribution in [0.3, 0.4) is 0 Å². The van der Waals surface area contributed by atoms with Gasteiger partial charge in [0.1, 0.15) is 12.4 Å². The summed E-state index contributed by atoms with van der Waals surface area (Å²) >= 11 is 5.96. The van der Waals surface area contributed by atoms with Crippen molar-refractivity contribution in [2.45, 2.75) is 0 Å². The summed E-state index contributed by atoms with van der Waals surface area (Å²) in [6.45, 7) is -0.356. The minimum atomic E-state index is -1.06. The number of nitrogens with one attached hydrogen (secondary N) is 1. The van der Waals surface area contributed by atoms with E-state index >= 15 is 0 Å². The van der Waals surface area contributed by atoms with Crippen LogP contribution in [0, 0.1) is 5.82 Å². The van der Waals surface area contributed by atoms with Gasteiger partial charge in [0, 0.05) is 16.8 Å². The highest BCUT2D eigenvalue weighted by Gasteiger charge is 2.19. The van der Waals surface area contributed by atoms with Crippen LogP contribution >= 0.6 is 11.6 Å². The Balaban J connectivity index is 1.84. The van der Waals surface area contributed by atoms with Crippen LogP contribution < -0.4 is 5.32 Å². The first-order valence-corrected chi connectivity index (χ1v) is 9.02. The first-order valence-electron chi connectivity index (χ1n) is 8.64. The highest BCUT2D eigenvalue weighted by atomic mass is 35.5. The van der Waals surface area contributed by atoms with Gasteiger partial charge in [0.15, 0.2) is 5.82 Å². The number of anilines is 1. The van der Waals surface area contributed by atoms with Crippen LogP contribution in [0.25, 0.3) is 28.3 Å². The Labute approximate surface area is 174 Å². The Kier molecular flexibility index (Phi) is 5.31. The van der Waals surface area contributed by atoms with Crippen molar-refractivity contribution >= 4 is 23.5 Å². The molecule has 2 aromatic carbocycles. The van der Waals surface area contributed by atoms with E-state index in [1.807, 2.05) is 0 Å². The van der Waals surface area contributed by atoms with Crippen molar-refractivity contribution < 1.29 is 14.3 Å². The quantitative estimate of drug-likeness (QED) is 0.483. The third-order valence-corrected chi connectivity index (χ3v) is 4.34. The molecule has 0 saturated heterocycles. The number of halogens is 2. The molecular formula is C19H13ClFN7O2. The zero-order chi connectivity index (χ0) is 21.1. The van der Waals surface area contributed by atoms with Crippen LogP contribution in [-0.2, 0) is 4.79 Å². The molecule has 2 heterocycles. The summed E-state index contributed by atoms with van der Waals surface area (Å²) in [5.74, 6) is -1.00. The molecule has 2 N–H and O–H groups in total. The lowest BCUT2D eigenvalue weighted by Gasteiger charge is -2.11. The normalized spacial score (nSPS) is 10.7. The van der Waals surface area contributed by atoms with Crippen molar-refractivity contribution in [3.8, 4) is 28.3 Å². The maximum atomic E-state index is 13.4. The molecule has 0 unspecified atom stereocenters. The number of carboxylic acids is 1. The number of carbonyl (C=O) groups is 1. The lowest BCUT2D eigenvalue weighted by molar-refractivity contribution is -0.134. The van der Waals surface area contributed by atoms with Crippen molar-refractivity contribution in [3.05, 3.63) is 65.6 Å².